The number of carbonyl (C=O) groups excluding carboxylic acids is 1. The summed E-state index contributed by atoms with van der Waals surface area (Å²) in [6.07, 6.45) is 1.20. The number of ether oxygens (including phenoxy) is 1. The Morgan fingerprint density at radius 1 is 1.04 bits per heavy atom. The van der Waals surface area contributed by atoms with Crippen LogP contribution in [0, 0.1) is 20.8 Å². The number of rotatable bonds is 6. The second kappa shape index (κ2) is 7.82. The van der Waals surface area contributed by atoms with Crippen molar-refractivity contribution in [3.8, 4) is 5.75 Å². The second-order valence-electron chi connectivity index (χ2n) is 5.90. The standard InChI is InChI=1S/C20H25NO2/c1-5-23-18-9-6-17(7-10-18)8-11-19(22)21-20-15(3)12-14(2)13-16(20)4/h6-7,9-10,12-13H,5,8,11H2,1-4H3,(H,21,22). The molecule has 2 aromatic carbocycles. The van der Waals surface area contributed by atoms with Crippen molar-refractivity contribution in [1.82, 2.24) is 0 Å². The molecule has 0 aromatic heterocycles. The Morgan fingerprint density at radius 2 is 1.65 bits per heavy atom. The highest BCUT2D eigenvalue weighted by Gasteiger charge is 2.08. The van der Waals surface area contributed by atoms with Crippen molar-refractivity contribution < 1.29 is 9.53 Å². The first-order valence-electron chi connectivity index (χ1n) is 8.09. The van der Waals surface area contributed by atoms with E-state index in [1.165, 1.54) is 5.56 Å². The van der Waals surface area contributed by atoms with Gasteiger partial charge in [0.25, 0.3) is 0 Å². The van der Waals surface area contributed by atoms with E-state index in [0.29, 0.717) is 13.0 Å². The number of nitrogens with one attached hydrogen (secondary N) is 1. The summed E-state index contributed by atoms with van der Waals surface area (Å²) >= 11 is 0. The normalized spacial score (nSPS) is 10.4. The van der Waals surface area contributed by atoms with Crippen molar-refractivity contribution >= 4 is 11.6 Å². The average Bonchev–Trinajstić information content (AvgIpc) is 2.50. The molecule has 2 aromatic rings. The summed E-state index contributed by atoms with van der Waals surface area (Å²) in [5, 5.41) is 3.04. The number of benzene rings is 2. The molecule has 0 aliphatic heterocycles. The van der Waals surface area contributed by atoms with Crippen molar-refractivity contribution in [2.24, 2.45) is 0 Å². The van der Waals surface area contributed by atoms with Gasteiger partial charge in [-0.3, -0.25) is 4.79 Å². The van der Waals surface area contributed by atoms with E-state index < -0.39 is 0 Å². The van der Waals surface area contributed by atoms with E-state index in [1.54, 1.807) is 0 Å². The van der Waals surface area contributed by atoms with Crippen LogP contribution in [0.4, 0.5) is 5.69 Å². The molecule has 0 saturated carbocycles. The van der Waals surface area contributed by atoms with Gasteiger partial charge in [-0.2, -0.15) is 0 Å². The Kier molecular flexibility index (Phi) is 5.80. The maximum absolute atomic E-state index is 12.2. The zero-order valence-electron chi connectivity index (χ0n) is 14.4. The van der Waals surface area contributed by atoms with Crippen LogP contribution in [0.3, 0.4) is 0 Å². The Morgan fingerprint density at radius 3 is 2.22 bits per heavy atom. The van der Waals surface area contributed by atoms with Gasteiger partial charge in [-0.15, -0.1) is 0 Å². The summed E-state index contributed by atoms with van der Waals surface area (Å²) in [5.41, 5.74) is 5.51. The molecule has 0 aliphatic carbocycles. The van der Waals surface area contributed by atoms with Crippen LogP contribution in [0.1, 0.15) is 35.6 Å². The molecule has 122 valence electrons. The number of hydrogen-bond donors (Lipinski definition) is 1. The van der Waals surface area contributed by atoms with Gasteiger partial charge in [0.1, 0.15) is 5.75 Å². The fourth-order valence-corrected chi connectivity index (χ4v) is 2.76. The van der Waals surface area contributed by atoms with Crippen LogP contribution in [0.5, 0.6) is 5.75 Å². The minimum atomic E-state index is 0.0499. The van der Waals surface area contributed by atoms with Crippen LogP contribution in [-0.2, 0) is 11.2 Å². The monoisotopic (exact) mass is 311 g/mol. The van der Waals surface area contributed by atoms with Crippen LogP contribution in [0.2, 0.25) is 0 Å². The molecular weight excluding hydrogens is 286 g/mol. The van der Waals surface area contributed by atoms with Gasteiger partial charge in [0.15, 0.2) is 0 Å². The van der Waals surface area contributed by atoms with E-state index in [-0.39, 0.29) is 5.91 Å². The molecule has 1 amide bonds. The molecule has 1 N–H and O–H groups in total. The van der Waals surface area contributed by atoms with E-state index >= 15 is 0 Å². The Bertz CT molecular complexity index is 652. The molecule has 0 atom stereocenters. The largest absolute Gasteiger partial charge is 0.494 e. The molecule has 0 heterocycles. The third-order valence-corrected chi connectivity index (χ3v) is 3.82. The molecule has 0 fully saturated rings. The molecule has 0 bridgehead atoms. The van der Waals surface area contributed by atoms with Crippen molar-refractivity contribution in [2.45, 2.75) is 40.5 Å². The highest BCUT2D eigenvalue weighted by atomic mass is 16.5. The van der Waals surface area contributed by atoms with E-state index in [0.717, 1.165) is 34.5 Å². The summed E-state index contributed by atoms with van der Waals surface area (Å²) in [4.78, 5) is 12.2. The topological polar surface area (TPSA) is 38.3 Å². The zero-order valence-corrected chi connectivity index (χ0v) is 14.4. The second-order valence-corrected chi connectivity index (χ2v) is 5.90. The fraction of sp³-hybridized carbons (Fsp3) is 0.350. The van der Waals surface area contributed by atoms with Crippen molar-refractivity contribution in [1.29, 1.82) is 0 Å². The number of aryl methyl sites for hydroxylation is 4. The zero-order chi connectivity index (χ0) is 16.8. The highest BCUT2D eigenvalue weighted by Crippen LogP contribution is 2.22. The van der Waals surface area contributed by atoms with Crippen LogP contribution in [-0.4, -0.2) is 12.5 Å². The Hall–Kier alpha value is -2.29. The van der Waals surface area contributed by atoms with Gasteiger partial charge in [0.05, 0.1) is 6.61 Å². The van der Waals surface area contributed by atoms with Crippen LogP contribution in [0.25, 0.3) is 0 Å². The van der Waals surface area contributed by atoms with Gasteiger partial charge in [0, 0.05) is 12.1 Å². The third-order valence-electron chi connectivity index (χ3n) is 3.82. The molecule has 3 nitrogen and oxygen atoms in total. The predicted octanol–water partition coefficient (Wildman–Crippen LogP) is 4.58. The lowest BCUT2D eigenvalue weighted by Crippen LogP contribution is -2.14. The number of amides is 1. The first-order chi connectivity index (χ1) is 11.0. The maximum atomic E-state index is 12.2. The lowest BCUT2D eigenvalue weighted by Gasteiger charge is -2.13. The average molecular weight is 311 g/mol. The minimum Gasteiger partial charge on any atom is -0.494 e. The molecule has 3 heteroatoms. The smallest absolute Gasteiger partial charge is 0.224 e. The SMILES string of the molecule is CCOc1ccc(CCC(=O)Nc2c(C)cc(C)cc2C)cc1. The van der Waals surface area contributed by atoms with Gasteiger partial charge < -0.3 is 10.1 Å². The summed E-state index contributed by atoms with van der Waals surface area (Å²) in [5.74, 6) is 0.917. The minimum absolute atomic E-state index is 0.0499. The molecule has 0 saturated heterocycles. The molecule has 0 radical (unpaired) electrons. The molecule has 0 spiro atoms. The predicted molar refractivity (Wildman–Crippen MR) is 95.2 cm³/mol. The molecule has 2 rings (SSSR count). The van der Waals surface area contributed by atoms with Gasteiger partial charge in [-0.25, -0.2) is 0 Å². The molecule has 0 aliphatic rings. The van der Waals surface area contributed by atoms with E-state index in [2.05, 4.69) is 24.4 Å². The number of hydrogen-bond acceptors (Lipinski definition) is 2. The first-order valence-corrected chi connectivity index (χ1v) is 8.09. The highest BCUT2D eigenvalue weighted by molar-refractivity contribution is 5.92. The van der Waals surface area contributed by atoms with E-state index in [1.807, 2.05) is 45.0 Å². The summed E-state index contributed by atoms with van der Waals surface area (Å²) < 4.78 is 5.42. The summed E-state index contributed by atoms with van der Waals surface area (Å²) in [7, 11) is 0. The van der Waals surface area contributed by atoms with Gasteiger partial charge >= 0.3 is 0 Å². The van der Waals surface area contributed by atoms with Crippen molar-refractivity contribution in [2.75, 3.05) is 11.9 Å². The van der Waals surface area contributed by atoms with Gasteiger partial charge in [-0.1, -0.05) is 29.8 Å². The Labute approximate surface area is 138 Å². The molecule has 0 unspecified atom stereocenters. The van der Waals surface area contributed by atoms with Crippen molar-refractivity contribution in [3.63, 3.8) is 0 Å². The van der Waals surface area contributed by atoms with Gasteiger partial charge in [-0.05, 0) is 62.9 Å². The molecular formula is C20H25NO2. The van der Waals surface area contributed by atoms with E-state index in [9.17, 15) is 4.79 Å². The lowest BCUT2D eigenvalue weighted by molar-refractivity contribution is -0.116. The Balaban J connectivity index is 1.93. The number of anilines is 1. The van der Waals surface area contributed by atoms with Crippen molar-refractivity contribution in [3.05, 3.63) is 58.7 Å². The van der Waals surface area contributed by atoms with Crippen LogP contribution < -0.4 is 10.1 Å². The summed E-state index contributed by atoms with van der Waals surface area (Å²) in [6, 6.07) is 12.1. The van der Waals surface area contributed by atoms with Crippen LogP contribution >= 0.6 is 0 Å². The number of carbonyl (C=O) groups is 1. The van der Waals surface area contributed by atoms with Gasteiger partial charge in [0.2, 0.25) is 5.91 Å². The quantitative estimate of drug-likeness (QED) is 0.848. The lowest BCUT2D eigenvalue weighted by atomic mass is 10.0. The van der Waals surface area contributed by atoms with Crippen LogP contribution in [0.15, 0.2) is 36.4 Å². The van der Waals surface area contributed by atoms with E-state index in [4.69, 9.17) is 4.74 Å². The first kappa shape index (κ1) is 17.1. The third kappa shape index (κ3) is 4.85. The maximum Gasteiger partial charge on any atom is 0.224 e. The fourth-order valence-electron chi connectivity index (χ4n) is 2.76. The summed E-state index contributed by atoms with van der Waals surface area (Å²) in [6.45, 7) is 8.76. The molecule has 23 heavy (non-hydrogen) atoms.